The predicted octanol–water partition coefficient (Wildman–Crippen LogP) is 6.06. The Morgan fingerprint density at radius 3 is 2.38 bits per heavy atom. The molecule has 0 aliphatic carbocycles. The average molecular weight is 474 g/mol. The van der Waals surface area contributed by atoms with Crippen molar-refractivity contribution in [1.82, 2.24) is 4.98 Å². The molecule has 0 fully saturated rings. The van der Waals surface area contributed by atoms with Crippen LogP contribution in [0.1, 0.15) is 45.7 Å². The molecule has 2 atom stereocenters. The topological polar surface area (TPSA) is 87.6 Å². The number of aliphatic imine (C=N–C) groups is 1. The van der Waals surface area contributed by atoms with E-state index in [9.17, 15) is 0 Å². The minimum atomic E-state index is -1.83. The SMILES string of the molecule is CC(N=C(c1cccnc1N)N(C=N)c1ccc(CO[Si](C)(C)C(C)(C)C)cc1)[C@@H](C)Cl. The van der Waals surface area contributed by atoms with E-state index in [0.717, 1.165) is 11.3 Å². The normalized spacial score (nSPS) is 14.7. The molecule has 8 heteroatoms. The van der Waals surface area contributed by atoms with Gasteiger partial charge in [-0.05, 0) is 61.8 Å². The largest absolute Gasteiger partial charge is 0.413 e. The summed E-state index contributed by atoms with van der Waals surface area (Å²) < 4.78 is 6.34. The summed E-state index contributed by atoms with van der Waals surface area (Å²) in [4.78, 5) is 10.7. The number of nitrogens with one attached hydrogen (secondary N) is 1. The van der Waals surface area contributed by atoms with Crippen LogP contribution in [0, 0.1) is 5.41 Å². The highest BCUT2D eigenvalue weighted by molar-refractivity contribution is 6.74. The van der Waals surface area contributed by atoms with E-state index in [2.05, 4.69) is 38.8 Å². The number of nitrogens with two attached hydrogens (primary N) is 1. The van der Waals surface area contributed by atoms with Crippen LogP contribution < -0.4 is 10.6 Å². The zero-order valence-electron chi connectivity index (χ0n) is 20.2. The summed E-state index contributed by atoms with van der Waals surface area (Å²) in [7, 11) is -1.83. The van der Waals surface area contributed by atoms with Gasteiger partial charge in [-0.15, -0.1) is 11.6 Å². The molecule has 0 saturated heterocycles. The van der Waals surface area contributed by atoms with Gasteiger partial charge in [-0.2, -0.15) is 0 Å². The Bertz CT molecular complexity index is 938. The zero-order valence-corrected chi connectivity index (χ0v) is 21.9. The van der Waals surface area contributed by atoms with E-state index in [4.69, 9.17) is 32.2 Å². The van der Waals surface area contributed by atoms with Crippen LogP contribution in [0.5, 0.6) is 0 Å². The third-order valence-electron chi connectivity index (χ3n) is 6.05. The number of pyridine rings is 1. The van der Waals surface area contributed by atoms with Crippen LogP contribution in [0.15, 0.2) is 47.6 Å². The molecule has 0 bridgehead atoms. The first kappa shape index (κ1) is 26.0. The van der Waals surface area contributed by atoms with Crippen molar-refractivity contribution in [2.24, 2.45) is 4.99 Å². The lowest BCUT2D eigenvalue weighted by molar-refractivity contribution is 0.276. The van der Waals surface area contributed by atoms with Crippen molar-refractivity contribution >= 4 is 43.6 Å². The number of amidine groups is 1. The Hall–Kier alpha value is -2.22. The minimum absolute atomic E-state index is 0.162. The fourth-order valence-electron chi connectivity index (χ4n) is 2.65. The van der Waals surface area contributed by atoms with Crippen LogP contribution in [-0.4, -0.2) is 36.9 Å². The molecule has 1 heterocycles. The monoisotopic (exact) mass is 473 g/mol. The summed E-state index contributed by atoms with van der Waals surface area (Å²) in [6.07, 6.45) is 2.87. The second-order valence-electron chi connectivity index (χ2n) is 9.52. The first-order chi connectivity index (χ1) is 14.9. The molecule has 1 aromatic heterocycles. The third kappa shape index (κ3) is 6.40. The van der Waals surface area contributed by atoms with Gasteiger partial charge in [-0.25, -0.2) is 4.98 Å². The van der Waals surface area contributed by atoms with Crippen molar-refractivity contribution in [2.45, 2.75) is 70.8 Å². The number of alkyl halides is 1. The first-order valence-electron chi connectivity index (χ1n) is 10.8. The van der Waals surface area contributed by atoms with Gasteiger partial charge < -0.3 is 10.2 Å². The first-order valence-corrected chi connectivity index (χ1v) is 14.2. The Kier molecular flexibility index (Phi) is 8.62. The average Bonchev–Trinajstić information content (AvgIpc) is 2.72. The van der Waals surface area contributed by atoms with Gasteiger partial charge >= 0.3 is 0 Å². The van der Waals surface area contributed by atoms with Crippen LogP contribution in [0.4, 0.5) is 11.5 Å². The number of nitrogens with zero attached hydrogens (tertiary/aromatic N) is 3. The molecule has 0 aliphatic rings. The molecule has 2 rings (SSSR count). The summed E-state index contributed by atoms with van der Waals surface area (Å²) in [6, 6.07) is 11.5. The number of benzene rings is 1. The van der Waals surface area contributed by atoms with E-state index < -0.39 is 8.32 Å². The molecule has 0 saturated carbocycles. The molecule has 0 spiro atoms. The Morgan fingerprint density at radius 2 is 1.88 bits per heavy atom. The van der Waals surface area contributed by atoms with Crippen molar-refractivity contribution in [3.8, 4) is 0 Å². The fraction of sp³-hybridized carbons (Fsp3) is 0.458. The predicted molar refractivity (Wildman–Crippen MR) is 140 cm³/mol. The van der Waals surface area contributed by atoms with E-state index in [1.807, 2.05) is 44.2 Å². The molecule has 1 aromatic carbocycles. The van der Waals surface area contributed by atoms with Gasteiger partial charge in [0, 0.05) is 11.9 Å². The summed E-state index contributed by atoms with van der Waals surface area (Å²) in [6.45, 7) is 15.6. The quantitative estimate of drug-likeness (QED) is 0.211. The van der Waals surface area contributed by atoms with Crippen molar-refractivity contribution < 1.29 is 4.43 Å². The van der Waals surface area contributed by atoms with E-state index in [0.29, 0.717) is 23.8 Å². The number of halogens is 1. The molecule has 1 unspecified atom stereocenters. The summed E-state index contributed by atoms with van der Waals surface area (Å²) >= 11 is 6.28. The van der Waals surface area contributed by atoms with Gasteiger partial charge in [0.2, 0.25) is 0 Å². The number of rotatable bonds is 8. The molecule has 0 radical (unpaired) electrons. The summed E-state index contributed by atoms with van der Waals surface area (Å²) in [5, 5.41) is 8.08. The van der Waals surface area contributed by atoms with Gasteiger partial charge in [0.1, 0.15) is 11.7 Å². The standard InChI is InChI=1S/C24H36ClN5OSi/c1-17(25)18(2)29-23(21-9-8-14-28-22(21)27)30(16-26)20-12-10-19(11-13-20)15-31-32(6,7)24(3,4)5/h8-14,16-18,26H,15H2,1-7H3,(H2,27,28)/t17-,18?/m1/s1. The van der Waals surface area contributed by atoms with E-state index >= 15 is 0 Å². The highest BCUT2D eigenvalue weighted by Gasteiger charge is 2.37. The highest BCUT2D eigenvalue weighted by Crippen LogP contribution is 2.37. The molecule has 2 aromatic rings. The molecule has 0 amide bonds. The number of aromatic nitrogens is 1. The van der Waals surface area contributed by atoms with Gasteiger partial charge in [-0.1, -0.05) is 32.9 Å². The lowest BCUT2D eigenvalue weighted by atomic mass is 10.1. The number of anilines is 2. The Morgan fingerprint density at radius 1 is 1.25 bits per heavy atom. The highest BCUT2D eigenvalue weighted by atomic mass is 35.5. The number of hydrogen-bond donors (Lipinski definition) is 2. The van der Waals surface area contributed by atoms with Crippen molar-refractivity contribution in [1.29, 1.82) is 5.41 Å². The van der Waals surface area contributed by atoms with Crippen molar-refractivity contribution in [2.75, 3.05) is 10.6 Å². The Labute approximate surface area is 198 Å². The van der Waals surface area contributed by atoms with E-state index in [-0.39, 0.29) is 16.5 Å². The van der Waals surface area contributed by atoms with Crippen LogP contribution in [0.2, 0.25) is 18.1 Å². The van der Waals surface area contributed by atoms with Crippen LogP contribution in [0.25, 0.3) is 0 Å². The lowest BCUT2D eigenvalue weighted by Gasteiger charge is -2.36. The van der Waals surface area contributed by atoms with Crippen LogP contribution in [0.3, 0.4) is 0 Å². The molecule has 0 aliphatic heterocycles. The van der Waals surface area contributed by atoms with Gasteiger partial charge in [0.05, 0.1) is 29.9 Å². The fourth-order valence-corrected chi connectivity index (χ4v) is 3.67. The number of hydrogen-bond acceptors (Lipinski definition) is 5. The van der Waals surface area contributed by atoms with E-state index in [1.54, 1.807) is 17.2 Å². The molecule has 6 nitrogen and oxygen atoms in total. The molecular weight excluding hydrogens is 438 g/mol. The minimum Gasteiger partial charge on any atom is -0.413 e. The van der Waals surface area contributed by atoms with Crippen molar-refractivity contribution in [3.05, 3.63) is 53.7 Å². The summed E-state index contributed by atoms with van der Waals surface area (Å²) in [5.74, 6) is 0.891. The summed E-state index contributed by atoms with van der Waals surface area (Å²) in [5.41, 5.74) is 8.69. The van der Waals surface area contributed by atoms with Crippen LogP contribution in [-0.2, 0) is 11.0 Å². The second-order valence-corrected chi connectivity index (χ2v) is 15.0. The molecular formula is C24H36ClN5OSi. The lowest BCUT2D eigenvalue weighted by Crippen LogP contribution is -2.40. The van der Waals surface area contributed by atoms with Gasteiger partial charge in [0.25, 0.3) is 0 Å². The molecule has 32 heavy (non-hydrogen) atoms. The maximum atomic E-state index is 8.09. The maximum absolute atomic E-state index is 8.09. The second kappa shape index (κ2) is 10.6. The molecule has 3 N–H and O–H groups in total. The third-order valence-corrected chi connectivity index (χ3v) is 10.9. The maximum Gasteiger partial charge on any atom is 0.192 e. The van der Waals surface area contributed by atoms with Crippen molar-refractivity contribution in [3.63, 3.8) is 0 Å². The number of nitrogen functional groups attached to an aromatic ring is 1. The van der Waals surface area contributed by atoms with Crippen LogP contribution >= 0.6 is 11.6 Å². The smallest absolute Gasteiger partial charge is 0.192 e. The Balaban J connectivity index is 2.35. The van der Waals surface area contributed by atoms with Gasteiger partial charge in [-0.3, -0.25) is 15.3 Å². The van der Waals surface area contributed by atoms with E-state index in [1.165, 1.54) is 6.34 Å². The van der Waals surface area contributed by atoms with Gasteiger partial charge in [0.15, 0.2) is 8.32 Å². The molecule has 174 valence electrons. The zero-order chi connectivity index (χ0) is 24.1.